The summed E-state index contributed by atoms with van der Waals surface area (Å²) in [5.41, 5.74) is 0.149. The van der Waals surface area contributed by atoms with E-state index < -0.39 is 32.4 Å². The second kappa shape index (κ2) is 8.23. The molecule has 0 unspecified atom stereocenters. The van der Waals surface area contributed by atoms with Crippen LogP contribution in [0.1, 0.15) is 17.6 Å². The smallest absolute Gasteiger partial charge is 0.267 e. The highest BCUT2D eigenvalue weighted by atomic mass is 79.9. The topological polar surface area (TPSA) is 115 Å². The van der Waals surface area contributed by atoms with Gasteiger partial charge in [-0.3, -0.25) is 4.79 Å². The van der Waals surface area contributed by atoms with E-state index in [-0.39, 0.29) is 26.2 Å². The van der Waals surface area contributed by atoms with Crippen LogP contribution in [0.25, 0.3) is 0 Å². The molecule has 1 amide bonds. The number of hydrogen-bond donors (Lipinski definition) is 1. The molecule has 0 aliphatic rings. The summed E-state index contributed by atoms with van der Waals surface area (Å²) < 4.78 is 73.6. The van der Waals surface area contributed by atoms with Crippen molar-refractivity contribution in [1.29, 1.82) is 0 Å². The number of rotatable bonds is 6. The SMILES string of the molecule is CN(C(=O)Cc1ccc(C(F)F)cc1)S(=O)(=O)c1ccc(S(N)(=O)=O)cc1Br. The van der Waals surface area contributed by atoms with Crippen molar-refractivity contribution in [2.75, 3.05) is 7.05 Å². The normalized spacial score (nSPS) is 12.2. The first-order chi connectivity index (χ1) is 12.8. The lowest BCUT2D eigenvalue weighted by Gasteiger charge is -2.19. The maximum absolute atomic E-state index is 12.7. The monoisotopic (exact) mass is 496 g/mol. The zero-order valence-corrected chi connectivity index (χ0v) is 17.6. The van der Waals surface area contributed by atoms with Crippen molar-refractivity contribution in [3.05, 3.63) is 58.1 Å². The van der Waals surface area contributed by atoms with Crippen molar-refractivity contribution in [3.63, 3.8) is 0 Å². The van der Waals surface area contributed by atoms with E-state index in [0.29, 0.717) is 9.87 Å². The summed E-state index contributed by atoms with van der Waals surface area (Å²) >= 11 is 2.97. The number of alkyl halides is 2. The van der Waals surface area contributed by atoms with Crippen LogP contribution in [0.2, 0.25) is 0 Å². The average Bonchev–Trinajstić information content (AvgIpc) is 2.60. The first-order valence-corrected chi connectivity index (χ1v) is 11.3. The number of nitrogens with two attached hydrogens (primary N) is 1. The molecule has 0 heterocycles. The van der Waals surface area contributed by atoms with Crippen LogP contribution in [0.3, 0.4) is 0 Å². The molecule has 0 fully saturated rings. The Morgan fingerprint density at radius 3 is 2.14 bits per heavy atom. The summed E-state index contributed by atoms with van der Waals surface area (Å²) in [6.45, 7) is 0. The fourth-order valence-corrected chi connectivity index (χ4v) is 5.07. The molecule has 0 spiro atoms. The van der Waals surface area contributed by atoms with Gasteiger partial charge in [0.15, 0.2) is 0 Å². The van der Waals surface area contributed by atoms with Crippen LogP contribution >= 0.6 is 15.9 Å². The molecule has 2 aromatic carbocycles. The van der Waals surface area contributed by atoms with Gasteiger partial charge in [-0.2, -0.15) is 0 Å². The Morgan fingerprint density at radius 2 is 1.68 bits per heavy atom. The van der Waals surface area contributed by atoms with Crippen molar-refractivity contribution < 1.29 is 30.4 Å². The largest absolute Gasteiger partial charge is 0.273 e. The average molecular weight is 497 g/mol. The number of sulfonamides is 2. The number of benzene rings is 2. The lowest BCUT2D eigenvalue weighted by molar-refractivity contribution is -0.124. The summed E-state index contributed by atoms with van der Waals surface area (Å²) in [6.07, 6.45) is -2.97. The minimum atomic E-state index is -4.29. The molecule has 2 aromatic rings. The molecular formula is C16H15BrF2N2O5S2. The molecule has 0 radical (unpaired) electrons. The van der Waals surface area contributed by atoms with Gasteiger partial charge in [0, 0.05) is 17.1 Å². The number of likely N-dealkylation sites (N-methyl/N-ethyl adjacent to an activating group) is 1. The second-order valence-corrected chi connectivity index (χ2v) is 10.1. The fraction of sp³-hybridized carbons (Fsp3) is 0.188. The van der Waals surface area contributed by atoms with Gasteiger partial charge >= 0.3 is 0 Å². The van der Waals surface area contributed by atoms with E-state index in [2.05, 4.69) is 15.9 Å². The van der Waals surface area contributed by atoms with E-state index in [0.717, 1.165) is 37.4 Å². The molecule has 0 bridgehead atoms. The van der Waals surface area contributed by atoms with E-state index in [1.165, 1.54) is 12.1 Å². The van der Waals surface area contributed by atoms with E-state index in [9.17, 15) is 30.4 Å². The first kappa shape index (κ1) is 22.4. The predicted octanol–water partition coefficient (Wildman–Crippen LogP) is 2.42. The minimum Gasteiger partial charge on any atom is -0.273 e. The Bertz CT molecular complexity index is 1100. The third-order valence-electron chi connectivity index (χ3n) is 3.81. The summed E-state index contributed by atoms with van der Waals surface area (Å²) in [7, 11) is -7.28. The number of hydrogen-bond acceptors (Lipinski definition) is 5. The first-order valence-electron chi connectivity index (χ1n) is 7.55. The maximum Gasteiger partial charge on any atom is 0.267 e. The van der Waals surface area contributed by atoms with E-state index in [1.54, 1.807) is 0 Å². The third-order valence-corrected chi connectivity index (χ3v) is 7.47. The standard InChI is InChI=1S/C16H15BrF2N2O5S2/c1-21(15(22)8-10-2-4-11(5-3-10)16(18)19)28(25,26)14-7-6-12(9-13(14)17)27(20,23)24/h2-7,9,16H,8H2,1H3,(H2,20,23,24). The Balaban J connectivity index is 2.26. The van der Waals surface area contributed by atoms with Crippen LogP contribution in [0.15, 0.2) is 56.7 Å². The van der Waals surface area contributed by atoms with Crippen LogP contribution in [-0.4, -0.2) is 34.1 Å². The van der Waals surface area contributed by atoms with Crippen LogP contribution in [0, 0.1) is 0 Å². The number of halogens is 3. The second-order valence-electron chi connectivity index (χ2n) is 5.72. The Morgan fingerprint density at radius 1 is 1.11 bits per heavy atom. The number of primary sulfonamides is 1. The molecule has 2 N–H and O–H groups in total. The lowest BCUT2D eigenvalue weighted by atomic mass is 10.1. The van der Waals surface area contributed by atoms with E-state index >= 15 is 0 Å². The van der Waals surface area contributed by atoms with E-state index in [4.69, 9.17) is 5.14 Å². The highest BCUT2D eigenvalue weighted by Gasteiger charge is 2.28. The van der Waals surface area contributed by atoms with Crippen molar-refractivity contribution in [1.82, 2.24) is 4.31 Å². The lowest BCUT2D eigenvalue weighted by Crippen LogP contribution is -2.34. The molecule has 152 valence electrons. The number of carbonyl (C=O) groups is 1. The van der Waals surface area contributed by atoms with Crippen LogP contribution in [0.4, 0.5) is 8.78 Å². The van der Waals surface area contributed by atoms with Crippen LogP contribution in [0.5, 0.6) is 0 Å². The van der Waals surface area contributed by atoms with E-state index in [1.807, 2.05) is 0 Å². The molecule has 0 saturated carbocycles. The molecule has 0 aliphatic heterocycles. The van der Waals surface area contributed by atoms with Gasteiger partial charge in [-0.25, -0.2) is 35.1 Å². The Hall–Kier alpha value is -1.89. The van der Waals surface area contributed by atoms with Crippen LogP contribution in [-0.2, 0) is 31.3 Å². The summed E-state index contributed by atoms with van der Waals surface area (Å²) in [5, 5.41) is 5.00. The van der Waals surface area contributed by atoms with Gasteiger partial charge in [-0.1, -0.05) is 24.3 Å². The highest BCUT2D eigenvalue weighted by Crippen LogP contribution is 2.27. The Labute approximate surface area is 169 Å². The number of nitrogens with zero attached hydrogens (tertiary/aromatic N) is 1. The number of amides is 1. The number of carbonyl (C=O) groups excluding carboxylic acids is 1. The van der Waals surface area contributed by atoms with Gasteiger partial charge in [0.2, 0.25) is 15.9 Å². The summed E-state index contributed by atoms with van der Waals surface area (Å²) in [4.78, 5) is 11.7. The van der Waals surface area contributed by atoms with Gasteiger partial charge in [0.25, 0.3) is 16.4 Å². The van der Waals surface area contributed by atoms with Crippen molar-refractivity contribution in [2.24, 2.45) is 5.14 Å². The molecule has 0 saturated heterocycles. The van der Waals surface area contributed by atoms with Gasteiger partial charge in [-0.15, -0.1) is 0 Å². The molecule has 12 heteroatoms. The maximum atomic E-state index is 12.7. The molecule has 7 nitrogen and oxygen atoms in total. The summed E-state index contributed by atoms with van der Waals surface area (Å²) in [6, 6.07) is 7.99. The Kier molecular flexibility index (Phi) is 6.58. The summed E-state index contributed by atoms with van der Waals surface area (Å²) in [5.74, 6) is -0.799. The molecule has 0 aliphatic carbocycles. The quantitative estimate of drug-likeness (QED) is 0.659. The van der Waals surface area contributed by atoms with Crippen molar-refractivity contribution >= 4 is 41.9 Å². The van der Waals surface area contributed by atoms with Gasteiger partial charge < -0.3 is 0 Å². The van der Waals surface area contributed by atoms with Crippen molar-refractivity contribution in [3.8, 4) is 0 Å². The molecule has 0 atom stereocenters. The highest BCUT2D eigenvalue weighted by molar-refractivity contribution is 9.10. The molecule has 0 aromatic heterocycles. The van der Waals surface area contributed by atoms with Gasteiger partial charge in [0.1, 0.15) is 4.90 Å². The third kappa shape index (κ3) is 4.93. The zero-order valence-electron chi connectivity index (χ0n) is 14.3. The minimum absolute atomic E-state index is 0.0834. The molecule has 2 rings (SSSR count). The predicted molar refractivity (Wildman–Crippen MR) is 101 cm³/mol. The zero-order chi connectivity index (χ0) is 21.3. The van der Waals surface area contributed by atoms with Gasteiger partial charge in [0.05, 0.1) is 11.3 Å². The molecule has 28 heavy (non-hydrogen) atoms. The van der Waals surface area contributed by atoms with Gasteiger partial charge in [-0.05, 0) is 39.7 Å². The fourth-order valence-electron chi connectivity index (χ4n) is 2.22. The van der Waals surface area contributed by atoms with Crippen molar-refractivity contribution in [2.45, 2.75) is 22.6 Å². The van der Waals surface area contributed by atoms with Crippen LogP contribution < -0.4 is 5.14 Å². The molecular weight excluding hydrogens is 482 g/mol.